The first-order valence-electron chi connectivity index (χ1n) is 7.60. The summed E-state index contributed by atoms with van der Waals surface area (Å²) >= 11 is 11.6. The fraction of sp³-hybridized carbons (Fsp3) is 0.235. The van der Waals surface area contributed by atoms with Crippen molar-refractivity contribution >= 4 is 44.7 Å². The highest BCUT2D eigenvalue weighted by atomic mass is 127. The van der Waals surface area contributed by atoms with Gasteiger partial charge in [0.15, 0.2) is 0 Å². The summed E-state index contributed by atoms with van der Waals surface area (Å²) in [6.45, 7) is 2.71. The molecule has 2 N–H and O–H groups in total. The Hall–Kier alpha value is -0.870. The highest BCUT2D eigenvalue weighted by molar-refractivity contribution is 7.89. The van der Waals surface area contributed by atoms with E-state index in [1.807, 2.05) is 30.7 Å². The van der Waals surface area contributed by atoms with E-state index in [4.69, 9.17) is 23.2 Å². The Morgan fingerprint density at radius 2 is 1.50 bits per heavy atom. The monoisotopic (exact) mass is 527 g/mol. The number of anilines is 1. The van der Waals surface area contributed by atoms with Gasteiger partial charge in [-0.2, -0.15) is 0 Å². The highest BCUT2D eigenvalue weighted by Crippen LogP contribution is 2.14. The van der Waals surface area contributed by atoms with E-state index in [2.05, 4.69) is 10.0 Å². The molecule has 0 heterocycles. The van der Waals surface area contributed by atoms with Crippen LogP contribution >= 0.6 is 23.2 Å². The smallest absolute Gasteiger partial charge is 0.246 e. The summed E-state index contributed by atoms with van der Waals surface area (Å²) in [4.78, 5) is 0.194. The quantitative estimate of drug-likeness (QED) is 0.248. The minimum absolute atomic E-state index is 0. The third kappa shape index (κ3) is 7.03. The molecule has 0 fully saturated rings. The summed E-state index contributed by atoms with van der Waals surface area (Å²) < 4.78 is 28.9. The molecule has 2 aromatic carbocycles. The van der Waals surface area contributed by atoms with Crippen LogP contribution in [0.15, 0.2) is 53.4 Å². The maximum atomic E-state index is 12.2. The number of hydrogen-bond acceptors (Lipinski definition) is 2. The van der Waals surface area contributed by atoms with E-state index >= 15 is 0 Å². The maximum absolute atomic E-state index is 12.2. The van der Waals surface area contributed by atoms with Gasteiger partial charge in [0, 0.05) is 23.5 Å². The largest absolute Gasteiger partial charge is 1.00 e. The van der Waals surface area contributed by atoms with Gasteiger partial charge in [0.25, 0.3) is 0 Å². The summed E-state index contributed by atoms with van der Waals surface area (Å²) in [7, 11) is -1.66. The number of sulfonamides is 1. The van der Waals surface area contributed by atoms with Gasteiger partial charge in [-0.3, -0.25) is 4.58 Å². The number of halogens is 3. The van der Waals surface area contributed by atoms with E-state index in [9.17, 15) is 8.42 Å². The van der Waals surface area contributed by atoms with E-state index in [-0.39, 0.29) is 35.4 Å². The van der Waals surface area contributed by atoms with Crippen LogP contribution in [0.5, 0.6) is 0 Å². The molecular formula is C17H20Cl2IN3O2S. The first-order chi connectivity index (χ1) is 11.8. The second-order valence-corrected chi connectivity index (χ2v) is 8.13. The number of rotatable bonds is 6. The van der Waals surface area contributed by atoms with Crippen molar-refractivity contribution in [2.45, 2.75) is 11.8 Å². The van der Waals surface area contributed by atoms with Gasteiger partial charge in [-0.05, 0) is 48.5 Å². The van der Waals surface area contributed by atoms with Crippen LogP contribution in [0.1, 0.15) is 6.92 Å². The van der Waals surface area contributed by atoms with Gasteiger partial charge in [-0.15, -0.1) is 0 Å². The van der Waals surface area contributed by atoms with Crippen LogP contribution in [-0.2, 0) is 10.0 Å². The fourth-order valence-corrected chi connectivity index (χ4v) is 3.32. The molecule has 142 valence electrons. The van der Waals surface area contributed by atoms with Crippen molar-refractivity contribution < 1.29 is 37.0 Å². The Kier molecular flexibility index (Phi) is 9.32. The van der Waals surface area contributed by atoms with Crippen LogP contribution in [0.4, 0.5) is 5.69 Å². The van der Waals surface area contributed by atoms with Crippen molar-refractivity contribution in [3.8, 4) is 0 Å². The summed E-state index contributed by atoms with van der Waals surface area (Å²) in [5.41, 5.74) is 0.912. The Morgan fingerprint density at radius 1 is 1.00 bits per heavy atom. The lowest BCUT2D eigenvalue weighted by Crippen LogP contribution is -3.00. The summed E-state index contributed by atoms with van der Waals surface area (Å²) in [6.07, 6.45) is 0. The number of nitrogens with one attached hydrogen (secondary N) is 2. The number of amidine groups is 1. The minimum Gasteiger partial charge on any atom is -1.00 e. The van der Waals surface area contributed by atoms with Gasteiger partial charge in [-0.1, -0.05) is 23.2 Å². The molecular weight excluding hydrogens is 508 g/mol. The predicted molar refractivity (Wildman–Crippen MR) is 103 cm³/mol. The molecule has 0 atom stereocenters. The van der Waals surface area contributed by atoms with E-state index in [0.29, 0.717) is 16.6 Å². The standard InChI is InChI=1S/C17H19Cl2N3O2S.HI/c1-13(21-16-7-3-14(18)4-8-16)22(2)12-11-20-25(23,24)17-9-5-15(19)6-10-17;/h3-10,20H,11-12H2,1-2H3;1H. The predicted octanol–water partition coefficient (Wildman–Crippen LogP) is 0.448. The Labute approximate surface area is 181 Å². The van der Waals surface area contributed by atoms with E-state index in [1.54, 1.807) is 24.3 Å². The molecule has 2 rings (SSSR count). The van der Waals surface area contributed by atoms with Crippen LogP contribution in [0.2, 0.25) is 10.0 Å². The molecule has 0 saturated heterocycles. The number of nitrogens with zero attached hydrogens (tertiary/aromatic N) is 1. The molecule has 0 unspecified atom stereocenters. The Balaban J connectivity index is 0.00000338. The van der Waals surface area contributed by atoms with Gasteiger partial charge >= 0.3 is 0 Å². The zero-order chi connectivity index (χ0) is 18.4. The number of benzene rings is 2. The third-order valence-electron chi connectivity index (χ3n) is 3.61. The van der Waals surface area contributed by atoms with Crippen LogP contribution in [0, 0.1) is 0 Å². The van der Waals surface area contributed by atoms with Crippen molar-refractivity contribution in [2.24, 2.45) is 0 Å². The van der Waals surface area contributed by atoms with Gasteiger partial charge in [-0.25, -0.2) is 18.5 Å². The average molecular weight is 528 g/mol. The SMILES string of the molecule is CC(Nc1ccc(Cl)cc1)=[N+](C)CCNS(=O)(=O)c1ccc(Cl)cc1.[I-]. The molecule has 0 aliphatic heterocycles. The van der Waals surface area contributed by atoms with Crippen molar-refractivity contribution in [1.29, 1.82) is 0 Å². The van der Waals surface area contributed by atoms with Crippen LogP contribution in [0.3, 0.4) is 0 Å². The van der Waals surface area contributed by atoms with Crippen molar-refractivity contribution in [1.82, 2.24) is 4.72 Å². The number of likely N-dealkylation sites (N-methyl/N-ethyl adjacent to an activating group) is 1. The molecule has 2 aromatic rings. The Bertz CT molecular complexity index is 855. The van der Waals surface area contributed by atoms with E-state index in [0.717, 1.165) is 11.5 Å². The lowest BCUT2D eigenvalue weighted by molar-refractivity contribution is -0.495. The lowest BCUT2D eigenvalue weighted by atomic mass is 10.3. The second-order valence-electron chi connectivity index (χ2n) is 5.49. The molecule has 5 nitrogen and oxygen atoms in total. The zero-order valence-corrected chi connectivity index (χ0v) is 18.8. The second kappa shape index (κ2) is 10.5. The summed E-state index contributed by atoms with van der Waals surface area (Å²) in [5, 5.41) is 4.42. The molecule has 0 aliphatic rings. The van der Waals surface area contributed by atoms with Crippen LogP contribution in [0.25, 0.3) is 0 Å². The molecule has 26 heavy (non-hydrogen) atoms. The first kappa shape index (κ1) is 23.2. The minimum atomic E-state index is -3.54. The summed E-state index contributed by atoms with van der Waals surface area (Å²) in [5.74, 6) is 0.896. The van der Waals surface area contributed by atoms with Crippen molar-refractivity contribution in [2.75, 3.05) is 25.5 Å². The summed E-state index contributed by atoms with van der Waals surface area (Å²) in [6, 6.07) is 13.4. The van der Waals surface area contributed by atoms with Gasteiger partial charge in [0.1, 0.15) is 5.69 Å². The first-order valence-corrected chi connectivity index (χ1v) is 9.84. The molecule has 0 spiro atoms. The molecule has 9 heteroatoms. The fourth-order valence-electron chi connectivity index (χ4n) is 2.05. The van der Waals surface area contributed by atoms with Crippen molar-refractivity contribution in [3.63, 3.8) is 0 Å². The molecule has 0 radical (unpaired) electrons. The van der Waals surface area contributed by atoms with Crippen LogP contribution < -0.4 is 34.0 Å². The lowest BCUT2D eigenvalue weighted by Gasteiger charge is -2.09. The highest BCUT2D eigenvalue weighted by Gasteiger charge is 2.14. The molecule has 0 bridgehead atoms. The molecule has 0 amide bonds. The normalized spacial score (nSPS) is 12.2. The maximum Gasteiger partial charge on any atom is 0.246 e. The molecule has 0 aromatic heterocycles. The molecule has 0 saturated carbocycles. The van der Waals surface area contributed by atoms with Gasteiger partial charge < -0.3 is 24.0 Å². The third-order valence-corrected chi connectivity index (χ3v) is 5.59. The van der Waals surface area contributed by atoms with E-state index in [1.165, 1.54) is 12.1 Å². The van der Waals surface area contributed by atoms with Gasteiger partial charge in [0.2, 0.25) is 15.9 Å². The zero-order valence-electron chi connectivity index (χ0n) is 14.3. The molecule has 0 aliphatic carbocycles. The van der Waals surface area contributed by atoms with Crippen molar-refractivity contribution in [3.05, 3.63) is 58.6 Å². The van der Waals surface area contributed by atoms with Crippen LogP contribution in [-0.4, -0.2) is 39.0 Å². The van der Waals surface area contributed by atoms with Gasteiger partial charge in [0.05, 0.1) is 18.5 Å². The van der Waals surface area contributed by atoms with E-state index < -0.39 is 10.0 Å². The average Bonchev–Trinajstić information content (AvgIpc) is 2.57. The Morgan fingerprint density at radius 3 is 2.04 bits per heavy atom. The topological polar surface area (TPSA) is 61.2 Å². The number of hydrogen-bond donors (Lipinski definition) is 2.